The summed E-state index contributed by atoms with van der Waals surface area (Å²) in [5.74, 6) is 0.491. The number of hydrogen-bond donors (Lipinski definition) is 1. The van der Waals surface area contributed by atoms with Crippen LogP contribution in [0, 0.1) is 0 Å². The van der Waals surface area contributed by atoms with Gasteiger partial charge in [-0.05, 0) is 35.0 Å². The van der Waals surface area contributed by atoms with Gasteiger partial charge < -0.3 is 10.1 Å². The molecule has 0 saturated carbocycles. The van der Waals surface area contributed by atoms with Gasteiger partial charge in [-0.1, -0.05) is 12.1 Å². The molecule has 0 unspecified atom stereocenters. The lowest BCUT2D eigenvalue weighted by Gasteiger charge is -2.15. The van der Waals surface area contributed by atoms with Crippen molar-refractivity contribution in [2.45, 2.75) is 19.6 Å². The number of halogens is 1. The van der Waals surface area contributed by atoms with Crippen LogP contribution in [0.3, 0.4) is 0 Å². The van der Waals surface area contributed by atoms with Crippen LogP contribution in [-0.2, 0) is 11.3 Å². The first kappa shape index (κ1) is 14.0. The molecule has 1 aromatic carbocycles. The molecule has 1 atom stereocenters. The van der Waals surface area contributed by atoms with Gasteiger partial charge >= 0.3 is 0 Å². The standard InChI is InChI=1S/C13H13BrN2O2S/c1-9(18-11-5-3-2-4-10(11)14)13(17)16-8-12-15-6-7-19-12/h2-7,9H,8H2,1H3,(H,16,17)/t9-/m0/s1. The predicted molar refractivity (Wildman–Crippen MR) is 78.2 cm³/mol. The summed E-state index contributed by atoms with van der Waals surface area (Å²) in [7, 11) is 0. The van der Waals surface area contributed by atoms with E-state index in [0.29, 0.717) is 12.3 Å². The summed E-state index contributed by atoms with van der Waals surface area (Å²) < 4.78 is 6.43. The molecule has 100 valence electrons. The number of benzene rings is 1. The van der Waals surface area contributed by atoms with Gasteiger partial charge in [0.1, 0.15) is 10.8 Å². The van der Waals surface area contributed by atoms with E-state index in [4.69, 9.17) is 4.74 Å². The van der Waals surface area contributed by atoms with Crippen molar-refractivity contribution in [2.24, 2.45) is 0 Å². The van der Waals surface area contributed by atoms with E-state index in [1.54, 1.807) is 13.1 Å². The van der Waals surface area contributed by atoms with Crippen LogP contribution in [0.4, 0.5) is 0 Å². The topological polar surface area (TPSA) is 51.2 Å². The maximum absolute atomic E-state index is 11.9. The van der Waals surface area contributed by atoms with Gasteiger partial charge in [-0.2, -0.15) is 0 Å². The summed E-state index contributed by atoms with van der Waals surface area (Å²) in [6.07, 6.45) is 1.16. The van der Waals surface area contributed by atoms with Crippen LogP contribution in [0.2, 0.25) is 0 Å². The third-order valence-corrected chi connectivity index (χ3v) is 3.84. The maximum Gasteiger partial charge on any atom is 0.261 e. The Bertz CT molecular complexity index is 545. The molecule has 1 N–H and O–H groups in total. The average molecular weight is 341 g/mol. The van der Waals surface area contributed by atoms with Crippen LogP contribution >= 0.6 is 27.3 Å². The number of rotatable bonds is 5. The van der Waals surface area contributed by atoms with Gasteiger partial charge in [0.2, 0.25) is 0 Å². The Hall–Kier alpha value is -1.40. The van der Waals surface area contributed by atoms with Crippen LogP contribution in [0.15, 0.2) is 40.3 Å². The summed E-state index contributed by atoms with van der Waals surface area (Å²) in [4.78, 5) is 16.0. The molecule has 1 amide bonds. The summed E-state index contributed by atoms with van der Waals surface area (Å²) in [5.41, 5.74) is 0. The van der Waals surface area contributed by atoms with Gasteiger partial charge in [0.25, 0.3) is 5.91 Å². The second-order valence-electron chi connectivity index (χ2n) is 3.83. The zero-order chi connectivity index (χ0) is 13.7. The number of carbonyl (C=O) groups excluding carboxylic acids is 1. The number of para-hydroxylation sites is 1. The number of hydrogen-bond acceptors (Lipinski definition) is 4. The van der Waals surface area contributed by atoms with Crippen molar-refractivity contribution in [1.82, 2.24) is 10.3 Å². The molecule has 0 fully saturated rings. The monoisotopic (exact) mass is 340 g/mol. The molecule has 0 aliphatic carbocycles. The molecule has 1 aromatic heterocycles. The first-order chi connectivity index (χ1) is 9.16. The molecule has 2 rings (SSSR count). The van der Waals surface area contributed by atoms with Crippen LogP contribution in [0.25, 0.3) is 0 Å². The summed E-state index contributed by atoms with van der Waals surface area (Å²) in [6, 6.07) is 7.44. The molecule has 0 saturated heterocycles. The normalized spacial score (nSPS) is 11.9. The third kappa shape index (κ3) is 4.04. The highest BCUT2D eigenvalue weighted by molar-refractivity contribution is 9.10. The number of amides is 1. The van der Waals surface area contributed by atoms with Gasteiger partial charge in [0, 0.05) is 11.6 Å². The van der Waals surface area contributed by atoms with Gasteiger partial charge in [-0.25, -0.2) is 4.98 Å². The van der Waals surface area contributed by atoms with Crippen LogP contribution < -0.4 is 10.1 Å². The molecular formula is C13H13BrN2O2S. The molecule has 4 nitrogen and oxygen atoms in total. The minimum atomic E-state index is -0.557. The molecular weight excluding hydrogens is 328 g/mol. The number of nitrogens with zero attached hydrogens (tertiary/aromatic N) is 1. The van der Waals surface area contributed by atoms with Crippen molar-refractivity contribution in [1.29, 1.82) is 0 Å². The van der Waals surface area contributed by atoms with Gasteiger partial charge in [-0.3, -0.25) is 4.79 Å². The molecule has 1 heterocycles. The molecule has 0 aliphatic rings. The number of aromatic nitrogens is 1. The lowest BCUT2D eigenvalue weighted by atomic mass is 10.3. The largest absolute Gasteiger partial charge is 0.480 e. The molecule has 0 bridgehead atoms. The zero-order valence-corrected chi connectivity index (χ0v) is 12.7. The van der Waals surface area contributed by atoms with Crippen LogP contribution in [0.5, 0.6) is 5.75 Å². The second-order valence-corrected chi connectivity index (χ2v) is 5.67. The molecule has 0 aliphatic heterocycles. The predicted octanol–water partition coefficient (Wildman–Crippen LogP) is 2.99. The number of carbonyl (C=O) groups is 1. The van der Waals surface area contributed by atoms with E-state index >= 15 is 0 Å². The smallest absolute Gasteiger partial charge is 0.261 e. The Morgan fingerprint density at radius 1 is 1.53 bits per heavy atom. The molecule has 0 spiro atoms. The zero-order valence-electron chi connectivity index (χ0n) is 10.3. The number of thiazole rings is 1. The quantitative estimate of drug-likeness (QED) is 0.910. The SMILES string of the molecule is C[C@H](Oc1ccccc1Br)C(=O)NCc1nccs1. The Kier molecular flexibility index (Phi) is 4.93. The van der Waals surface area contributed by atoms with E-state index in [0.717, 1.165) is 9.48 Å². The number of ether oxygens (including phenoxy) is 1. The van der Waals surface area contributed by atoms with E-state index in [2.05, 4.69) is 26.2 Å². The minimum Gasteiger partial charge on any atom is -0.480 e. The van der Waals surface area contributed by atoms with Crippen LogP contribution in [0.1, 0.15) is 11.9 Å². The Balaban J connectivity index is 1.87. The van der Waals surface area contributed by atoms with Crippen molar-refractivity contribution < 1.29 is 9.53 Å². The van der Waals surface area contributed by atoms with Crippen LogP contribution in [-0.4, -0.2) is 17.0 Å². The fraction of sp³-hybridized carbons (Fsp3) is 0.231. The first-order valence-electron chi connectivity index (χ1n) is 5.74. The second kappa shape index (κ2) is 6.68. The Morgan fingerprint density at radius 2 is 2.32 bits per heavy atom. The van der Waals surface area contributed by atoms with Crippen molar-refractivity contribution >= 4 is 33.2 Å². The van der Waals surface area contributed by atoms with E-state index in [1.165, 1.54) is 11.3 Å². The van der Waals surface area contributed by atoms with Crippen molar-refractivity contribution in [3.63, 3.8) is 0 Å². The van der Waals surface area contributed by atoms with Crippen molar-refractivity contribution in [3.8, 4) is 5.75 Å². The van der Waals surface area contributed by atoms with E-state index in [-0.39, 0.29) is 5.91 Å². The Labute approximate surface area is 124 Å². The summed E-state index contributed by atoms with van der Waals surface area (Å²) >= 11 is 4.89. The van der Waals surface area contributed by atoms with E-state index in [1.807, 2.05) is 29.6 Å². The van der Waals surface area contributed by atoms with Gasteiger partial charge in [-0.15, -0.1) is 11.3 Å². The highest BCUT2D eigenvalue weighted by Gasteiger charge is 2.15. The first-order valence-corrected chi connectivity index (χ1v) is 7.41. The molecule has 0 radical (unpaired) electrons. The molecule has 19 heavy (non-hydrogen) atoms. The fourth-order valence-corrected chi connectivity index (χ4v) is 2.37. The third-order valence-electron chi connectivity index (χ3n) is 2.41. The lowest BCUT2D eigenvalue weighted by Crippen LogP contribution is -2.35. The summed E-state index contributed by atoms with van der Waals surface area (Å²) in [6.45, 7) is 2.15. The van der Waals surface area contributed by atoms with Crippen molar-refractivity contribution in [2.75, 3.05) is 0 Å². The number of nitrogens with one attached hydrogen (secondary N) is 1. The van der Waals surface area contributed by atoms with Gasteiger partial charge in [0.05, 0.1) is 11.0 Å². The minimum absolute atomic E-state index is 0.161. The van der Waals surface area contributed by atoms with Gasteiger partial charge in [0.15, 0.2) is 6.10 Å². The highest BCUT2D eigenvalue weighted by Crippen LogP contribution is 2.24. The maximum atomic E-state index is 11.9. The van der Waals surface area contributed by atoms with E-state index in [9.17, 15) is 4.79 Å². The Morgan fingerprint density at radius 3 is 3.00 bits per heavy atom. The van der Waals surface area contributed by atoms with E-state index < -0.39 is 6.10 Å². The van der Waals surface area contributed by atoms with Crippen molar-refractivity contribution in [3.05, 3.63) is 45.3 Å². The summed E-state index contributed by atoms with van der Waals surface area (Å²) in [5, 5.41) is 5.55. The average Bonchev–Trinajstić information content (AvgIpc) is 2.91. The fourth-order valence-electron chi connectivity index (χ4n) is 1.43. The molecule has 6 heteroatoms. The highest BCUT2D eigenvalue weighted by atomic mass is 79.9. The molecule has 2 aromatic rings. The lowest BCUT2D eigenvalue weighted by molar-refractivity contribution is -0.127.